The highest BCUT2D eigenvalue weighted by Gasteiger charge is 2.38. The van der Waals surface area contributed by atoms with Crippen LogP contribution in [0.1, 0.15) is 25.7 Å². The third-order valence-electron chi connectivity index (χ3n) is 3.31. The second kappa shape index (κ2) is 5.86. The van der Waals surface area contributed by atoms with Crippen LogP contribution in [0.2, 0.25) is 0 Å². The summed E-state index contributed by atoms with van der Waals surface area (Å²) in [4.78, 5) is 0. The van der Waals surface area contributed by atoms with Crippen molar-refractivity contribution in [2.24, 2.45) is 7.05 Å². The summed E-state index contributed by atoms with van der Waals surface area (Å²) in [6.45, 7) is 0.595. The van der Waals surface area contributed by atoms with E-state index in [0.29, 0.717) is 19.4 Å². The Morgan fingerprint density at radius 3 is 2.84 bits per heavy atom. The smallest absolute Gasteiger partial charge is 0.263 e. The van der Waals surface area contributed by atoms with E-state index in [-0.39, 0.29) is 22.3 Å². The minimum atomic E-state index is -3.59. The normalized spacial score (nSPS) is 21.1. The highest BCUT2D eigenvalue weighted by atomic mass is 79.9. The summed E-state index contributed by atoms with van der Waals surface area (Å²) < 4.78 is 28.3. The van der Waals surface area contributed by atoms with E-state index in [4.69, 9.17) is 5.11 Å². The molecule has 1 aromatic rings. The number of aryl methyl sites for hydroxylation is 1. The first kappa shape index (κ1) is 14.9. The molecule has 0 spiro atoms. The van der Waals surface area contributed by atoms with Gasteiger partial charge in [-0.2, -0.15) is 4.31 Å². The van der Waals surface area contributed by atoms with Gasteiger partial charge in [-0.25, -0.2) is 13.1 Å². The largest absolute Gasteiger partial charge is 0.396 e. The summed E-state index contributed by atoms with van der Waals surface area (Å²) in [6, 6.07) is -0.0426. The molecule has 0 amide bonds. The highest BCUT2D eigenvalue weighted by molar-refractivity contribution is 9.10. The van der Waals surface area contributed by atoms with Crippen molar-refractivity contribution in [3.05, 3.63) is 4.60 Å². The van der Waals surface area contributed by atoms with Crippen molar-refractivity contribution in [1.82, 2.24) is 19.3 Å². The average Bonchev–Trinajstić information content (AvgIpc) is 2.94. The van der Waals surface area contributed by atoms with Crippen LogP contribution in [0.3, 0.4) is 0 Å². The standard InChI is InChI=1S/C10H17BrN4O3S/c1-14-10(9(11)12-13-14)19(17,18)15-6-2-4-8(15)5-3-7-16/h8,16H,2-7H2,1H3. The molecular weight excluding hydrogens is 336 g/mol. The molecule has 1 saturated heterocycles. The number of aromatic nitrogens is 3. The Morgan fingerprint density at radius 1 is 1.53 bits per heavy atom. The molecule has 1 unspecified atom stereocenters. The molecule has 19 heavy (non-hydrogen) atoms. The lowest BCUT2D eigenvalue weighted by atomic mass is 10.1. The SMILES string of the molecule is Cn1nnc(Br)c1S(=O)(=O)N1CCCC1CCCO. The van der Waals surface area contributed by atoms with Crippen molar-refractivity contribution in [2.45, 2.75) is 36.8 Å². The number of hydrogen-bond acceptors (Lipinski definition) is 5. The number of hydrogen-bond donors (Lipinski definition) is 1. The van der Waals surface area contributed by atoms with Gasteiger partial charge in [-0.1, -0.05) is 5.21 Å². The van der Waals surface area contributed by atoms with Crippen LogP contribution in [0.4, 0.5) is 0 Å². The van der Waals surface area contributed by atoms with Gasteiger partial charge < -0.3 is 5.11 Å². The summed E-state index contributed by atoms with van der Waals surface area (Å²) >= 11 is 3.13. The Labute approximate surface area is 120 Å². The first-order valence-electron chi connectivity index (χ1n) is 6.16. The van der Waals surface area contributed by atoms with E-state index in [9.17, 15) is 8.42 Å². The van der Waals surface area contributed by atoms with Crippen molar-refractivity contribution >= 4 is 26.0 Å². The molecule has 108 valence electrons. The van der Waals surface area contributed by atoms with Crippen LogP contribution >= 0.6 is 15.9 Å². The Bertz CT molecular complexity index is 525. The van der Waals surface area contributed by atoms with Crippen LogP contribution in [-0.2, 0) is 17.1 Å². The van der Waals surface area contributed by atoms with E-state index in [1.165, 1.54) is 8.99 Å². The molecule has 1 aliphatic heterocycles. The van der Waals surface area contributed by atoms with Crippen molar-refractivity contribution in [2.75, 3.05) is 13.2 Å². The van der Waals surface area contributed by atoms with Crippen LogP contribution < -0.4 is 0 Å². The molecule has 0 saturated carbocycles. The number of halogens is 1. The topological polar surface area (TPSA) is 88.3 Å². The molecule has 9 heteroatoms. The summed E-state index contributed by atoms with van der Waals surface area (Å²) in [6.07, 6.45) is 2.97. The molecule has 1 aliphatic rings. The van der Waals surface area contributed by atoms with Gasteiger partial charge in [0.25, 0.3) is 10.0 Å². The third-order valence-corrected chi connectivity index (χ3v) is 6.15. The molecule has 0 aliphatic carbocycles. The molecular formula is C10H17BrN4O3S. The molecule has 7 nitrogen and oxygen atoms in total. The molecule has 0 radical (unpaired) electrons. The van der Waals surface area contributed by atoms with Crippen LogP contribution in [0.25, 0.3) is 0 Å². The fourth-order valence-electron chi connectivity index (χ4n) is 2.45. The monoisotopic (exact) mass is 352 g/mol. The quantitative estimate of drug-likeness (QED) is 0.833. The van der Waals surface area contributed by atoms with E-state index in [0.717, 1.165) is 12.8 Å². The minimum absolute atomic E-state index is 0.0426. The lowest BCUT2D eigenvalue weighted by molar-refractivity contribution is 0.263. The number of sulfonamides is 1. The average molecular weight is 353 g/mol. The van der Waals surface area contributed by atoms with Crippen molar-refractivity contribution in [3.63, 3.8) is 0 Å². The number of rotatable bonds is 5. The first-order chi connectivity index (χ1) is 8.98. The van der Waals surface area contributed by atoms with Gasteiger partial charge in [0, 0.05) is 26.2 Å². The van der Waals surface area contributed by atoms with E-state index in [1.54, 1.807) is 7.05 Å². The second-order valence-corrected chi connectivity index (χ2v) is 7.14. The molecule has 2 heterocycles. The summed E-state index contributed by atoms with van der Waals surface area (Å²) in [5, 5.41) is 16.4. The molecule has 1 N–H and O–H groups in total. The van der Waals surface area contributed by atoms with E-state index in [1.807, 2.05) is 0 Å². The van der Waals surface area contributed by atoms with Gasteiger partial charge in [0.2, 0.25) is 5.03 Å². The number of nitrogens with zero attached hydrogens (tertiary/aromatic N) is 4. The lowest BCUT2D eigenvalue weighted by Gasteiger charge is -2.23. The van der Waals surface area contributed by atoms with Crippen LogP contribution in [0.5, 0.6) is 0 Å². The van der Waals surface area contributed by atoms with Crippen molar-refractivity contribution in [1.29, 1.82) is 0 Å². The molecule has 1 atom stereocenters. The zero-order chi connectivity index (χ0) is 14.0. The maximum Gasteiger partial charge on any atom is 0.263 e. The number of aliphatic hydroxyl groups excluding tert-OH is 1. The maximum atomic E-state index is 12.6. The molecule has 0 bridgehead atoms. The van der Waals surface area contributed by atoms with E-state index in [2.05, 4.69) is 26.2 Å². The first-order valence-corrected chi connectivity index (χ1v) is 8.39. The second-order valence-electron chi connectivity index (χ2n) is 4.59. The van der Waals surface area contributed by atoms with Gasteiger partial charge in [-0.3, -0.25) is 0 Å². The summed E-state index contributed by atoms with van der Waals surface area (Å²) in [5.74, 6) is 0. The Kier molecular flexibility index (Phi) is 4.59. The Balaban J connectivity index is 2.29. The Hall–Kier alpha value is -0.510. The molecule has 1 aromatic heterocycles. The Morgan fingerprint density at radius 2 is 2.26 bits per heavy atom. The van der Waals surface area contributed by atoms with Crippen LogP contribution in [-0.4, -0.2) is 52.0 Å². The van der Waals surface area contributed by atoms with Crippen LogP contribution in [0, 0.1) is 0 Å². The third kappa shape index (κ3) is 2.83. The summed E-state index contributed by atoms with van der Waals surface area (Å²) in [5.41, 5.74) is 0. The van der Waals surface area contributed by atoms with Gasteiger partial charge in [-0.15, -0.1) is 5.10 Å². The highest BCUT2D eigenvalue weighted by Crippen LogP contribution is 2.30. The zero-order valence-electron chi connectivity index (χ0n) is 10.7. The molecule has 1 fully saturated rings. The van der Waals surface area contributed by atoms with Gasteiger partial charge >= 0.3 is 0 Å². The van der Waals surface area contributed by atoms with Gasteiger partial charge in [-0.05, 0) is 41.6 Å². The fourth-order valence-corrected chi connectivity index (χ4v) is 5.21. The predicted octanol–water partition coefficient (Wildman–Crippen LogP) is 0.503. The van der Waals surface area contributed by atoms with Gasteiger partial charge in [0.15, 0.2) is 4.60 Å². The van der Waals surface area contributed by atoms with Crippen molar-refractivity contribution < 1.29 is 13.5 Å². The fraction of sp³-hybridized carbons (Fsp3) is 0.800. The van der Waals surface area contributed by atoms with Crippen LogP contribution in [0.15, 0.2) is 9.63 Å². The minimum Gasteiger partial charge on any atom is -0.396 e. The van der Waals surface area contributed by atoms with Gasteiger partial charge in [0.05, 0.1) is 0 Å². The van der Waals surface area contributed by atoms with E-state index < -0.39 is 10.0 Å². The van der Waals surface area contributed by atoms with Gasteiger partial charge in [0.1, 0.15) is 0 Å². The maximum absolute atomic E-state index is 12.6. The van der Waals surface area contributed by atoms with Crippen molar-refractivity contribution in [3.8, 4) is 0 Å². The van der Waals surface area contributed by atoms with E-state index >= 15 is 0 Å². The lowest BCUT2D eigenvalue weighted by Crippen LogP contribution is -2.36. The zero-order valence-corrected chi connectivity index (χ0v) is 13.1. The predicted molar refractivity (Wildman–Crippen MR) is 71.9 cm³/mol. The molecule has 0 aromatic carbocycles. The molecule has 2 rings (SSSR count). The summed E-state index contributed by atoms with van der Waals surface area (Å²) in [7, 11) is -2.03. The number of aliphatic hydroxyl groups is 1.